The van der Waals surface area contributed by atoms with Gasteiger partial charge in [0.05, 0.1) is 0 Å². The molecular weight excluding hydrogens is 266 g/mol. The molecule has 1 N–H and O–H groups in total. The van der Waals surface area contributed by atoms with Crippen molar-refractivity contribution in [2.75, 3.05) is 13.2 Å². The number of nitrogens with one attached hydrogen (secondary N) is 1. The van der Waals surface area contributed by atoms with Gasteiger partial charge in [-0.2, -0.15) is 0 Å². The molecule has 20 heavy (non-hydrogen) atoms. The fourth-order valence-electron chi connectivity index (χ4n) is 1.96. The van der Waals surface area contributed by atoms with E-state index in [4.69, 9.17) is 4.43 Å². The molecule has 0 aliphatic carbocycles. The van der Waals surface area contributed by atoms with Crippen LogP contribution in [0.4, 0.5) is 0 Å². The molecule has 0 fully saturated rings. The monoisotopic (exact) mass is 297 g/mol. The third-order valence-corrected chi connectivity index (χ3v) is 9.01. The van der Waals surface area contributed by atoms with E-state index in [1.807, 2.05) is 6.20 Å². The lowest BCUT2D eigenvalue weighted by atomic mass is 10.0. The highest BCUT2D eigenvalue weighted by Crippen LogP contribution is 2.36. The minimum absolute atomic E-state index is 0.275. The second-order valence-corrected chi connectivity index (χ2v) is 12.0. The average Bonchev–Trinajstić information content (AvgIpc) is 2.52. The molecule has 1 heterocycles. The third kappa shape index (κ3) is 5.41. The van der Waals surface area contributed by atoms with Crippen molar-refractivity contribution in [2.24, 2.45) is 0 Å². The zero-order valence-corrected chi connectivity index (χ0v) is 14.8. The highest BCUT2D eigenvalue weighted by molar-refractivity contribution is 6.74. The van der Waals surface area contributed by atoms with Crippen LogP contribution in [0.25, 0.3) is 0 Å². The van der Waals surface area contributed by atoms with Gasteiger partial charge in [-0.3, -0.25) is 4.79 Å². The van der Waals surface area contributed by atoms with Crippen molar-refractivity contribution >= 4 is 14.1 Å². The minimum Gasteiger partial charge on any atom is -0.417 e. The second kappa shape index (κ2) is 7.41. The van der Waals surface area contributed by atoms with Crippen LogP contribution < -0.4 is 5.32 Å². The summed E-state index contributed by atoms with van der Waals surface area (Å²) in [5, 5.41) is 3.48. The Morgan fingerprint density at radius 3 is 2.65 bits per heavy atom. The summed E-state index contributed by atoms with van der Waals surface area (Å²) in [6, 6.07) is 0. The van der Waals surface area contributed by atoms with E-state index in [9.17, 15) is 4.79 Å². The fraction of sp³-hybridized carbons (Fsp3) is 0.812. The van der Waals surface area contributed by atoms with Crippen molar-refractivity contribution in [2.45, 2.75) is 71.0 Å². The molecule has 0 saturated carbocycles. The van der Waals surface area contributed by atoms with Crippen LogP contribution in [0.1, 0.15) is 52.9 Å². The molecule has 0 radical (unpaired) electrons. The Labute approximate surface area is 125 Å². The Morgan fingerprint density at radius 1 is 1.30 bits per heavy atom. The number of carbonyl (C=O) groups is 1. The molecule has 1 aliphatic rings. The van der Waals surface area contributed by atoms with Crippen LogP contribution in [0.15, 0.2) is 11.8 Å². The molecule has 1 rings (SSSR count). The summed E-state index contributed by atoms with van der Waals surface area (Å²) in [6.07, 6.45) is 6.52. The lowest BCUT2D eigenvalue weighted by Gasteiger charge is -2.36. The Balaban J connectivity index is 2.25. The molecular formula is C16H31NO2Si. The minimum atomic E-state index is -1.61. The van der Waals surface area contributed by atoms with E-state index in [2.05, 4.69) is 39.2 Å². The first-order valence-electron chi connectivity index (χ1n) is 7.83. The van der Waals surface area contributed by atoms with Crippen molar-refractivity contribution in [3.8, 4) is 0 Å². The molecule has 0 spiro atoms. The van der Waals surface area contributed by atoms with Gasteiger partial charge in [-0.25, -0.2) is 0 Å². The maximum atomic E-state index is 11.8. The quantitative estimate of drug-likeness (QED) is 0.594. The van der Waals surface area contributed by atoms with Gasteiger partial charge in [0.1, 0.15) is 0 Å². The number of allylic oxidation sites excluding steroid dienone is 1. The lowest BCUT2D eigenvalue weighted by Crippen LogP contribution is -2.40. The van der Waals surface area contributed by atoms with Gasteiger partial charge in [0.25, 0.3) is 0 Å². The molecule has 116 valence electrons. The summed E-state index contributed by atoms with van der Waals surface area (Å²) in [5.74, 6) is 0.320. The van der Waals surface area contributed by atoms with E-state index in [0.29, 0.717) is 12.2 Å². The number of ketones is 1. The van der Waals surface area contributed by atoms with Crippen molar-refractivity contribution in [1.29, 1.82) is 0 Å². The van der Waals surface area contributed by atoms with Gasteiger partial charge in [0, 0.05) is 31.3 Å². The maximum absolute atomic E-state index is 11.8. The van der Waals surface area contributed by atoms with Gasteiger partial charge in [0.2, 0.25) is 0 Å². The number of hydrogen-bond acceptors (Lipinski definition) is 3. The van der Waals surface area contributed by atoms with E-state index in [-0.39, 0.29) is 5.04 Å². The van der Waals surface area contributed by atoms with Crippen molar-refractivity contribution < 1.29 is 9.22 Å². The molecule has 0 atom stereocenters. The van der Waals surface area contributed by atoms with Crippen LogP contribution in [0, 0.1) is 0 Å². The summed E-state index contributed by atoms with van der Waals surface area (Å²) >= 11 is 0. The van der Waals surface area contributed by atoms with Crippen LogP contribution in [0.5, 0.6) is 0 Å². The SMILES string of the molecule is CC(C)(C)[Si](C)(C)OCCCCC1=CNCCCC1=O. The molecule has 0 aromatic rings. The summed E-state index contributed by atoms with van der Waals surface area (Å²) < 4.78 is 6.15. The number of carbonyl (C=O) groups excluding carboxylic acids is 1. The Hall–Kier alpha value is -0.613. The van der Waals surface area contributed by atoms with Crippen LogP contribution in [-0.4, -0.2) is 27.3 Å². The predicted molar refractivity (Wildman–Crippen MR) is 87.3 cm³/mol. The van der Waals surface area contributed by atoms with Gasteiger partial charge >= 0.3 is 0 Å². The summed E-state index contributed by atoms with van der Waals surface area (Å²) in [7, 11) is -1.61. The predicted octanol–water partition coefficient (Wildman–Crippen LogP) is 4.01. The molecule has 1 aliphatic heterocycles. The highest BCUT2D eigenvalue weighted by atomic mass is 28.4. The normalized spacial score (nSPS) is 17.4. The van der Waals surface area contributed by atoms with E-state index >= 15 is 0 Å². The zero-order chi connectivity index (χ0) is 15.2. The van der Waals surface area contributed by atoms with Crippen molar-refractivity contribution in [3.63, 3.8) is 0 Å². The van der Waals surface area contributed by atoms with Gasteiger partial charge in [0.15, 0.2) is 14.1 Å². The van der Waals surface area contributed by atoms with Crippen LogP contribution in [0.2, 0.25) is 18.1 Å². The van der Waals surface area contributed by atoms with Gasteiger partial charge in [-0.1, -0.05) is 20.8 Å². The second-order valence-electron chi connectivity index (χ2n) is 7.22. The zero-order valence-electron chi connectivity index (χ0n) is 13.8. The van der Waals surface area contributed by atoms with E-state index < -0.39 is 8.32 Å². The molecule has 0 bridgehead atoms. The van der Waals surface area contributed by atoms with E-state index in [0.717, 1.165) is 44.4 Å². The van der Waals surface area contributed by atoms with Crippen molar-refractivity contribution in [3.05, 3.63) is 11.8 Å². The lowest BCUT2D eigenvalue weighted by molar-refractivity contribution is -0.115. The standard InChI is InChI=1S/C16H31NO2Si/c1-16(2,3)20(4,5)19-12-7-6-9-14-13-17-11-8-10-15(14)18/h13,17H,6-12H2,1-5H3. The first-order chi connectivity index (χ1) is 9.24. The first kappa shape index (κ1) is 17.4. The molecule has 0 unspecified atom stereocenters. The molecule has 0 saturated heterocycles. The Morgan fingerprint density at radius 2 is 2.00 bits per heavy atom. The Kier molecular flexibility index (Phi) is 6.46. The number of Topliss-reactive ketones (excluding diaryl/α,β-unsaturated/α-hetero) is 1. The highest BCUT2D eigenvalue weighted by Gasteiger charge is 2.36. The van der Waals surface area contributed by atoms with Crippen LogP contribution in [-0.2, 0) is 9.22 Å². The number of hydrogen-bond donors (Lipinski definition) is 1. The summed E-state index contributed by atoms with van der Waals surface area (Å²) in [5.41, 5.74) is 0.967. The number of rotatable bonds is 6. The van der Waals surface area contributed by atoms with E-state index in [1.54, 1.807) is 0 Å². The topological polar surface area (TPSA) is 38.3 Å². The molecule has 0 aromatic carbocycles. The first-order valence-corrected chi connectivity index (χ1v) is 10.7. The summed E-state index contributed by atoms with van der Waals surface area (Å²) in [4.78, 5) is 11.8. The van der Waals surface area contributed by atoms with Gasteiger partial charge in [-0.15, -0.1) is 0 Å². The molecule has 4 heteroatoms. The molecule has 0 aromatic heterocycles. The van der Waals surface area contributed by atoms with E-state index in [1.165, 1.54) is 0 Å². The largest absolute Gasteiger partial charge is 0.417 e. The van der Waals surface area contributed by atoms with Crippen molar-refractivity contribution in [1.82, 2.24) is 5.32 Å². The van der Waals surface area contributed by atoms with Gasteiger partial charge < -0.3 is 9.74 Å². The number of unbranched alkanes of at least 4 members (excludes halogenated alkanes) is 1. The fourth-order valence-corrected chi connectivity index (χ4v) is 3.05. The maximum Gasteiger partial charge on any atom is 0.191 e. The van der Waals surface area contributed by atoms with Crippen LogP contribution in [0.3, 0.4) is 0 Å². The molecule has 0 amide bonds. The van der Waals surface area contributed by atoms with Crippen LogP contribution >= 0.6 is 0 Å². The summed E-state index contributed by atoms with van der Waals surface area (Å²) in [6.45, 7) is 13.1. The average molecular weight is 298 g/mol. The third-order valence-electron chi connectivity index (χ3n) is 4.47. The molecule has 3 nitrogen and oxygen atoms in total. The smallest absolute Gasteiger partial charge is 0.191 e. The van der Waals surface area contributed by atoms with Gasteiger partial charge in [-0.05, 0) is 43.8 Å². The Bertz CT molecular complexity index is 356.